The number of hydrogen-bond donors (Lipinski definition) is 0. The van der Waals surface area contributed by atoms with Crippen LogP contribution in [0.2, 0.25) is 0 Å². The Hall–Kier alpha value is -1.11. The Bertz CT molecular complexity index is 842. The molecule has 0 atom stereocenters. The molecule has 0 radical (unpaired) electrons. The van der Waals surface area contributed by atoms with Gasteiger partial charge < -0.3 is 0 Å². The van der Waals surface area contributed by atoms with Crippen LogP contribution in [0.5, 0.6) is 0 Å². The number of rotatable bonds is 3. The molecule has 0 bridgehead atoms. The molecule has 29 heavy (non-hydrogen) atoms. The van der Waals surface area contributed by atoms with Crippen molar-refractivity contribution in [2.45, 2.75) is 61.2 Å². The smallest absolute Gasteiger partial charge is 0.159 e. The molecule has 0 saturated heterocycles. The van der Waals surface area contributed by atoms with Crippen molar-refractivity contribution in [3.05, 3.63) is 59.2 Å². The fourth-order valence-electron chi connectivity index (χ4n) is 5.23. The lowest BCUT2D eigenvalue weighted by atomic mass is 9.70. The SMILES string of the molecule is Fc1ccc(-c2c(F)cc(C3CCC(C4CCC(I)CC4)CC3)cc2F)cc1F. The van der Waals surface area contributed by atoms with Gasteiger partial charge in [0.2, 0.25) is 0 Å². The van der Waals surface area contributed by atoms with Crippen LogP contribution in [0.4, 0.5) is 17.6 Å². The van der Waals surface area contributed by atoms with E-state index in [0.717, 1.165) is 53.6 Å². The third kappa shape index (κ3) is 4.64. The van der Waals surface area contributed by atoms with E-state index < -0.39 is 23.3 Å². The highest BCUT2D eigenvalue weighted by molar-refractivity contribution is 14.1. The van der Waals surface area contributed by atoms with Crippen LogP contribution in [-0.4, -0.2) is 3.92 Å². The summed E-state index contributed by atoms with van der Waals surface area (Å²) in [5.74, 6) is -1.86. The van der Waals surface area contributed by atoms with E-state index in [1.54, 1.807) is 0 Å². The monoisotopic (exact) mass is 516 g/mol. The molecule has 2 aromatic rings. The van der Waals surface area contributed by atoms with Crippen LogP contribution in [0.25, 0.3) is 11.1 Å². The molecule has 0 N–H and O–H groups in total. The van der Waals surface area contributed by atoms with Crippen LogP contribution in [0, 0.1) is 35.1 Å². The highest BCUT2D eigenvalue weighted by Crippen LogP contribution is 2.44. The largest absolute Gasteiger partial charge is 0.206 e. The zero-order valence-electron chi connectivity index (χ0n) is 16.2. The molecule has 0 amide bonds. The third-order valence-electron chi connectivity index (χ3n) is 6.88. The first-order valence-electron chi connectivity index (χ1n) is 10.5. The molecule has 0 nitrogen and oxygen atoms in total. The van der Waals surface area contributed by atoms with Crippen molar-refractivity contribution in [2.24, 2.45) is 11.8 Å². The molecular formula is C24H25F4I. The van der Waals surface area contributed by atoms with Crippen LogP contribution >= 0.6 is 22.6 Å². The second kappa shape index (κ2) is 8.94. The van der Waals surface area contributed by atoms with Crippen molar-refractivity contribution < 1.29 is 17.6 Å². The Balaban J connectivity index is 1.47. The van der Waals surface area contributed by atoms with Crippen molar-refractivity contribution in [3.63, 3.8) is 0 Å². The lowest BCUT2D eigenvalue weighted by Crippen LogP contribution is -2.25. The van der Waals surface area contributed by atoms with E-state index in [-0.39, 0.29) is 17.0 Å². The lowest BCUT2D eigenvalue weighted by Gasteiger charge is -2.37. The fraction of sp³-hybridized carbons (Fsp3) is 0.500. The van der Waals surface area contributed by atoms with Gasteiger partial charge in [0, 0.05) is 3.92 Å². The van der Waals surface area contributed by atoms with E-state index in [1.807, 2.05) is 0 Å². The number of alkyl halides is 1. The molecule has 0 aromatic heterocycles. The molecule has 2 aliphatic rings. The van der Waals surface area contributed by atoms with E-state index in [4.69, 9.17) is 0 Å². The second-order valence-corrected chi connectivity index (χ2v) is 10.4. The minimum absolute atomic E-state index is 0.0139. The maximum atomic E-state index is 14.7. The van der Waals surface area contributed by atoms with Gasteiger partial charge in [-0.25, -0.2) is 17.6 Å². The van der Waals surface area contributed by atoms with Crippen LogP contribution in [0.3, 0.4) is 0 Å². The predicted octanol–water partition coefficient (Wildman–Crippen LogP) is 8.18. The van der Waals surface area contributed by atoms with Crippen molar-refractivity contribution in [2.75, 3.05) is 0 Å². The average Bonchev–Trinajstić information content (AvgIpc) is 2.71. The summed E-state index contributed by atoms with van der Waals surface area (Å²) < 4.78 is 56.9. The number of hydrogen-bond acceptors (Lipinski definition) is 0. The van der Waals surface area contributed by atoms with Gasteiger partial charge in [0.05, 0.1) is 5.56 Å². The maximum Gasteiger partial charge on any atom is 0.159 e. The zero-order valence-corrected chi connectivity index (χ0v) is 18.4. The summed E-state index contributed by atoms with van der Waals surface area (Å²) in [5, 5.41) is 0. The molecule has 0 spiro atoms. The minimum Gasteiger partial charge on any atom is -0.206 e. The summed E-state index contributed by atoms with van der Waals surface area (Å²) in [6, 6.07) is 5.70. The summed E-state index contributed by atoms with van der Waals surface area (Å²) in [5.41, 5.74) is 0.401. The Labute approximate surface area is 183 Å². The fourth-order valence-corrected chi connectivity index (χ4v) is 5.95. The van der Waals surface area contributed by atoms with Gasteiger partial charge in [-0.1, -0.05) is 28.7 Å². The van der Waals surface area contributed by atoms with Gasteiger partial charge in [0.15, 0.2) is 11.6 Å². The minimum atomic E-state index is -1.11. The van der Waals surface area contributed by atoms with Crippen molar-refractivity contribution in [3.8, 4) is 11.1 Å². The molecule has 2 aromatic carbocycles. The van der Waals surface area contributed by atoms with E-state index in [0.29, 0.717) is 5.56 Å². The van der Waals surface area contributed by atoms with Gasteiger partial charge in [0.25, 0.3) is 0 Å². The topological polar surface area (TPSA) is 0 Å². The van der Waals surface area contributed by atoms with Gasteiger partial charge in [-0.3, -0.25) is 0 Å². The van der Waals surface area contributed by atoms with Gasteiger partial charge in [0.1, 0.15) is 11.6 Å². The van der Waals surface area contributed by atoms with Crippen molar-refractivity contribution in [1.82, 2.24) is 0 Å². The van der Waals surface area contributed by atoms with E-state index >= 15 is 0 Å². The molecule has 0 aliphatic heterocycles. The first kappa shape index (κ1) is 21.1. The molecule has 2 aliphatic carbocycles. The molecule has 156 valence electrons. The summed E-state index contributed by atoms with van der Waals surface area (Å²) >= 11 is 2.55. The summed E-state index contributed by atoms with van der Waals surface area (Å²) in [6.45, 7) is 0. The van der Waals surface area contributed by atoms with E-state index in [9.17, 15) is 17.6 Å². The van der Waals surface area contributed by atoms with Gasteiger partial charge >= 0.3 is 0 Å². The number of benzene rings is 2. The highest BCUT2D eigenvalue weighted by atomic mass is 127. The first-order chi connectivity index (χ1) is 13.9. The molecule has 0 heterocycles. The normalized spacial score (nSPS) is 27.8. The van der Waals surface area contributed by atoms with Gasteiger partial charge in [-0.05, 0) is 105 Å². The Kier molecular flexibility index (Phi) is 6.52. The Morgan fingerprint density at radius 3 is 1.72 bits per heavy atom. The number of halogens is 5. The molecule has 2 fully saturated rings. The Morgan fingerprint density at radius 1 is 0.621 bits per heavy atom. The zero-order chi connectivity index (χ0) is 20.5. The van der Waals surface area contributed by atoms with E-state index in [2.05, 4.69) is 22.6 Å². The van der Waals surface area contributed by atoms with E-state index in [1.165, 1.54) is 43.9 Å². The second-order valence-electron chi connectivity index (χ2n) is 8.61. The lowest BCUT2D eigenvalue weighted by molar-refractivity contribution is 0.189. The van der Waals surface area contributed by atoms with Crippen LogP contribution in [0.1, 0.15) is 62.8 Å². The average molecular weight is 516 g/mol. The van der Waals surface area contributed by atoms with Crippen LogP contribution in [-0.2, 0) is 0 Å². The predicted molar refractivity (Wildman–Crippen MR) is 116 cm³/mol. The summed E-state index contributed by atoms with van der Waals surface area (Å²) in [4.78, 5) is 0. The maximum absolute atomic E-state index is 14.7. The van der Waals surface area contributed by atoms with Crippen LogP contribution in [0.15, 0.2) is 30.3 Å². The highest BCUT2D eigenvalue weighted by Gasteiger charge is 2.31. The standard InChI is InChI=1S/C24H25F4I/c25-20-10-7-17(11-21(20)26)24-22(27)12-18(13-23(24)28)16-3-1-14(2-4-16)15-5-8-19(29)9-6-15/h7,10-16,19H,1-6,8-9H2. The summed E-state index contributed by atoms with van der Waals surface area (Å²) in [7, 11) is 0. The molecule has 0 unspecified atom stereocenters. The van der Waals surface area contributed by atoms with Gasteiger partial charge in [-0.2, -0.15) is 0 Å². The third-order valence-corrected chi connectivity index (χ3v) is 8.13. The first-order valence-corrected chi connectivity index (χ1v) is 11.8. The van der Waals surface area contributed by atoms with Gasteiger partial charge in [-0.15, -0.1) is 0 Å². The molecule has 4 rings (SSSR count). The Morgan fingerprint density at radius 2 is 1.17 bits per heavy atom. The van der Waals surface area contributed by atoms with Crippen molar-refractivity contribution in [1.29, 1.82) is 0 Å². The summed E-state index contributed by atoms with van der Waals surface area (Å²) in [6.07, 6.45) is 9.41. The van der Waals surface area contributed by atoms with Crippen LogP contribution < -0.4 is 0 Å². The molecule has 2 saturated carbocycles. The quantitative estimate of drug-likeness (QED) is 0.219. The van der Waals surface area contributed by atoms with Crippen molar-refractivity contribution >= 4 is 22.6 Å². The molecule has 5 heteroatoms. The molecular weight excluding hydrogens is 491 g/mol.